The molecule has 0 spiro atoms. The number of likely N-dealkylation sites (N-methyl/N-ethyl adjacent to an activating group) is 1. The van der Waals surface area contributed by atoms with Crippen LogP contribution < -0.4 is 5.32 Å². The lowest BCUT2D eigenvalue weighted by Crippen LogP contribution is -2.63. The Kier molecular flexibility index (Phi) is 4.11. The molecule has 0 aromatic carbocycles. The number of aliphatic carboxylic acids is 1. The fraction of sp³-hybridized carbons (Fsp3) is 0.909. The topological polar surface area (TPSA) is 52.6 Å². The molecule has 1 fully saturated rings. The Morgan fingerprint density at radius 1 is 1.67 bits per heavy atom. The maximum absolute atomic E-state index is 11.4. The summed E-state index contributed by atoms with van der Waals surface area (Å²) >= 11 is 0. The first kappa shape index (κ1) is 12.5. The number of carbonyl (C=O) groups is 1. The zero-order chi connectivity index (χ0) is 11.5. The van der Waals surface area contributed by atoms with Crippen LogP contribution in [0.1, 0.15) is 33.1 Å². The van der Waals surface area contributed by atoms with Crippen molar-refractivity contribution in [3.63, 3.8) is 0 Å². The number of nitrogens with one attached hydrogen (secondary N) is 1. The Hall–Kier alpha value is -0.610. The van der Waals surface area contributed by atoms with Crippen molar-refractivity contribution in [1.82, 2.24) is 10.2 Å². The minimum Gasteiger partial charge on any atom is -0.480 e. The molecule has 1 rings (SSSR count). The van der Waals surface area contributed by atoms with Gasteiger partial charge >= 0.3 is 5.97 Å². The first-order chi connectivity index (χ1) is 7.00. The maximum atomic E-state index is 11.4. The summed E-state index contributed by atoms with van der Waals surface area (Å²) in [5, 5.41) is 12.6. The highest BCUT2D eigenvalue weighted by molar-refractivity contribution is 5.79. The third kappa shape index (κ3) is 2.92. The molecule has 0 aliphatic carbocycles. The number of rotatable bonds is 4. The van der Waals surface area contributed by atoms with Crippen molar-refractivity contribution in [2.45, 2.75) is 44.7 Å². The van der Waals surface area contributed by atoms with E-state index < -0.39 is 11.5 Å². The Bertz CT molecular complexity index is 233. The number of nitrogens with zero attached hydrogens (tertiary/aromatic N) is 1. The molecular weight excluding hydrogens is 192 g/mol. The Labute approximate surface area is 91.6 Å². The first-order valence-electron chi connectivity index (χ1n) is 5.70. The molecule has 1 saturated heterocycles. The maximum Gasteiger partial charge on any atom is 0.325 e. The smallest absolute Gasteiger partial charge is 0.325 e. The van der Waals surface area contributed by atoms with Gasteiger partial charge in [0.15, 0.2) is 0 Å². The number of likely N-dealkylation sites (tertiary alicyclic amines) is 1. The molecule has 1 aliphatic rings. The molecule has 88 valence electrons. The Balaban J connectivity index is 2.73. The van der Waals surface area contributed by atoms with Crippen LogP contribution >= 0.6 is 0 Å². The summed E-state index contributed by atoms with van der Waals surface area (Å²) in [6.45, 7) is 5.71. The van der Waals surface area contributed by atoms with Crippen LogP contribution in [0.4, 0.5) is 0 Å². The van der Waals surface area contributed by atoms with E-state index in [1.165, 1.54) is 0 Å². The highest BCUT2D eigenvalue weighted by atomic mass is 16.4. The number of piperidine rings is 1. The Morgan fingerprint density at radius 3 is 2.80 bits per heavy atom. The summed E-state index contributed by atoms with van der Waals surface area (Å²) in [5.74, 6) is -0.714. The largest absolute Gasteiger partial charge is 0.480 e. The second kappa shape index (κ2) is 4.94. The molecule has 2 atom stereocenters. The van der Waals surface area contributed by atoms with Gasteiger partial charge in [-0.25, -0.2) is 0 Å². The molecule has 2 N–H and O–H groups in total. The van der Waals surface area contributed by atoms with Gasteiger partial charge in [0.25, 0.3) is 0 Å². The molecular formula is C11H22N2O2. The van der Waals surface area contributed by atoms with Crippen LogP contribution in [0.3, 0.4) is 0 Å². The molecule has 0 saturated carbocycles. The van der Waals surface area contributed by atoms with Gasteiger partial charge in [0, 0.05) is 12.6 Å². The molecule has 2 unspecified atom stereocenters. The quantitative estimate of drug-likeness (QED) is 0.731. The summed E-state index contributed by atoms with van der Waals surface area (Å²) < 4.78 is 0. The monoisotopic (exact) mass is 214 g/mol. The fourth-order valence-electron chi connectivity index (χ4n) is 2.20. The highest BCUT2D eigenvalue weighted by Gasteiger charge is 2.41. The minimum absolute atomic E-state index is 0.257. The Morgan fingerprint density at radius 2 is 2.33 bits per heavy atom. The zero-order valence-corrected chi connectivity index (χ0v) is 9.92. The predicted octanol–water partition coefficient (Wildman–Crippen LogP) is 0.923. The van der Waals surface area contributed by atoms with Crippen molar-refractivity contribution in [2.75, 3.05) is 20.1 Å². The van der Waals surface area contributed by atoms with Crippen molar-refractivity contribution in [3.05, 3.63) is 0 Å². The second-order valence-corrected chi connectivity index (χ2v) is 4.68. The van der Waals surface area contributed by atoms with E-state index in [4.69, 9.17) is 0 Å². The molecule has 4 nitrogen and oxygen atoms in total. The highest BCUT2D eigenvalue weighted by Crippen LogP contribution is 2.21. The van der Waals surface area contributed by atoms with Crippen molar-refractivity contribution < 1.29 is 9.90 Å². The summed E-state index contributed by atoms with van der Waals surface area (Å²) in [7, 11) is 1.98. The molecule has 0 amide bonds. The van der Waals surface area contributed by atoms with Crippen LogP contribution in [-0.4, -0.2) is 47.7 Å². The second-order valence-electron chi connectivity index (χ2n) is 4.68. The predicted molar refractivity (Wildman–Crippen MR) is 60.0 cm³/mol. The van der Waals surface area contributed by atoms with Crippen LogP contribution in [0.15, 0.2) is 0 Å². The molecule has 1 heterocycles. The van der Waals surface area contributed by atoms with Gasteiger partial charge < -0.3 is 10.0 Å². The third-order valence-electron chi connectivity index (χ3n) is 3.23. The van der Waals surface area contributed by atoms with E-state index in [1.54, 1.807) is 0 Å². The van der Waals surface area contributed by atoms with Gasteiger partial charge in [-0.2, -0.15) is 0 Å². The van der Waals surface area contributed by atoms with E-state index in [1.807, 2.05) is 14.0 Å². The van der Waals surface area contributed by atoms with E-state index in [0.29, 0.717) is 6.54 Å². The summed E-state index contributed by atoms with van der Waals surface area (Å²) in [4.78, 5) is 13.5. The lowest BCUT2D eigenvalue weighted by Gasteiger charge is -2.40. The zero-order valence-electron chi connectivity index (χ0n) is 9.92. The van der Waals surface area contributed by atoms with E-state index in [2.05, 4.69) is 17.1 Å². The lowest BCUT2D eigenvalue weighted by molar-refractivity contribution is -0.147. The fourth-order valence-corrected chi connectivity index (χ4v) is 2.20. The van der Waals surface area contributed by atoms with Gasteiger partial charge in [-0.15, -0.1) is 0 Å². The van der Waals surface area contributed by atoms with Crippen molar-refractivity contribution in [1.29, 1.82) is 0 Å². The van der Waals surface area contributed by atoms with Crippen LogP contribution in [0, 0.1) is 0 Å². The van der Waals surface area contributed by atoms with Gasteiger partial charge in [0.2, 0.25) is 0 Å². The number of hydrogen-bond acceptors (Lipinski definition) is 3. The van der Waals surface area contributed by atoms with Gasteiger partial charge in [-0.3, -0.25) is 10.1 Å². The lowest BCUT2D eigenvalue weighted by atomic mass is 9.88. The number of hydrogen-bond donors (Lipinski definition) is 2. The van der Waals surface area contributed by atoms with Crippen LogP contribution in [0.5, 0.6) is 0 Å². The number of carboxylic acids is 1. The van der Waals surface area contributed by atoms with E-state index in [9.17, 15) is 9.90 Å². The molecule has 15 heavy (non-hydrogen) atoms. The summed E-state index contributed by atoms with van der Waals surface area (Å²) in [6, 6.07) is 0.257. The van der Waals surface area contributed by atoms with Crippen LogP contribution in [0.2, 0.25) is 0 Å². The van der Waals surface area contributed by atoms with Gasteiger partial charge in [0.05, 0.1) is 0 Å². The SMILES string of the molecule is CCC(C)NC1(C(=O)O)CCCN(C)C1. The number of carboxylic acid groups (broad SMARTS) is 1. The van der Waals surface area contributed by atoms with E-state index in [0.717, 1.165) is 25.8 Å². The summed E-state index contributed by atoms with van der Waals surface area (Å²) in [6.07, 6.45) is 2.64. The normalized spacial score (nSPS) is 30.1. The van der Waals surface area contributed by atoms with Gasteiger partial charge in [-0.05, 0) is 39.8 Å². The van der Waals surface area contributed by atoms with E-state index in [-0.39, 0.29) is 6.04 Å². The molecule has 0 radical (unpaired) electrons. The third-order valence-corrected chi connectivity index (χ3v) is 3.23. The van der Waals surface area contributed by atoms with Gasteiger partial charge in [0.1, 0.15) is 5.54 Å². The standard InChI is InChI=1S/C11H22N2O2/c1-4-9(2)12-11(10(14)15)6-5-7-13(3)8-11/h9,12H,4-8H2,1-3H3,(H,14,15). The molecule has 0 aromatic heterocycles. The van der Waals surface area contributed by atoms with E-state index >= 15 is 0 Å². The molecule has 0 bridgehead atoms. The molecule has 1 aliphatic heterocycles. The van der Waals surface area contributed by atoms with Crippen molar-refractivity contribution >= 4 is 5.97 Å². The average molecular weight is 214 g/mol. The average Bonchev–Trinajstić information content (AvgIpc) is 2.17. The minimum atomic E-state index is -0.734. The van der Waals surface area contributed by atoms with Crippen molar-refractivity contribution in [3.8, 4) is 0 Å². The van der Waals surface area contributed by atoms with Gasteiger partial charge in [-0.1, -0.05) is 6.92 Å². The first-order valence-corrected chi connectivity index (χ1v) is 5.70. The molecule has 0 aromatic rings. The summed E-state index contributed by atoms with van der Waals surface area (Å²) in [5.41, 5.74) is -0.734. The van der Waals surface area contributed by atoms with Crippen LogP contribution in [0.25, 0.3) is 0 Å². The van der Waals surface area contributed by atoms with Crippen LogP contribution in [-0.2, 0) is 4.79 Å². The van der Waals surface area contributed by atoms with Crippen molar-refractivity contribution in [2.24, 2.45) is 0 Å². The molecule has 4 heteroatoms.